The first-order valence-corrected chi connectivity index (χ1v) is 21.0. The number of aromatic nitrogens is 8. The number of nitrogens with zero attached hydrogens (tertiary/aromatic N) is 10. The van der Waals surface area contributed by atoms with Crippen LogP contribution in [0.15, 0.2) is 90.2 Å². The zero-order valence-corrected chi connectivity index (χ0v) is 36.5. The van der Waals surface area contributed by atoms with Crippen LogP contribution in [0.3, 0.4) is 0 Å². The number of methoxy groups -OCH3 is 1. The molecule has 0 spiro atoms. The summed E-state index contributed by atoms with van der Waals surface area (Å²) in [7, 11) is -3.51. The number of anilines is 1. The summed E-state index contributed by atoms with van der Waals surface area (Å²) in [6, 6.07) is 17.8. The van der Waals surface area contributed by atoms with Gasteiger partial charge in [-0.2, -0.15) is 13.4 Å². The van der Waals surface area contributed by atoms with Crippen molar-refractivity contribution in [3.63, 3.8) is 0 Å². The number of carbonyl (C=O) groups excluding carboxylic acids is 2. The monoisotopic (exact) mass is 967 g/mol. The number of aromatic amines is 1. The van der Waals surface area contributed by atoms with Gasteiger partial charge in [0.25, 0.3) is 15.9 Å². The van der Waals surface area contributed by atoms with Gasteiger partial charge < -0.3 is 33.2 Å². The number of tetrazole rings is 1. The Labute approximate surface area is 384 Å². The van der Waals surface area contributed by atoms with Crippen molar-refractivity contribution in [2.24, 2.45) is 0 Å². The molecule has 0 atom stereocenters. The van der Waals surface area contributed by atoms with Gasteiger partial charge in [-0.3, -0.25) is 25.8 Å². The molecule has 0 bridgehead atoms. The normalized spacial score (nSPS) is 11.4. The Morgan fingerprint density at radius 3 is 2.25 bits per heavy atom. The van der Waals surface area contributed by atoms with Gasteiger partial charge in [0.1, 0.15) is 25.5 Å². The van der Waals surface area contributed by atoms with Crippen LogP contribution in [-0.2, 0) is 45.3 Å². The van der Waals surface area contributed by atoms with E-state index in [1.54, 1.807) is 25.1 Å². The van der Waals surface area contributed by atoms with Crippen LogP contribution in [0.5, 0.6) is 23.1 Å². The molecule has 28 nitrogen and oxygen atoms in total. The highest BCUT2D eigenvalue weighted by molar-refractivity contribution is 7.92. The van der Waals surface area contributed by atoms with Gasteiger partial charge in [0.05, 0.1) is 49.9 Å². The zero-order chi connectivity index (χ0) is 48.5. The maximum absolute atomic E-state index is 14.8. The van der Waals surface area contributed by atoms with Crippen LogP contribution in [-0.4, -0.2) is 146 Å². The van der Waals surface area contributed by atoms with E-state index in [0.717, 1.165) is 0 Å². The molecule has 0 saturated carbocycles. The zero-order valence-electron chi connectivity index (χ0n) is 35.7. The number of H-pyrrole nitrogens is 1. The molecular weight excluding hydrogens is 927 g/mol. The van der Waals surface area contributed by atoms with Crippen molar-refractivity contribution in [2.75, 3.05) is 57.8 Å². The van der Waals surface area contributed by atoms with E-state index in [1.165, 1.54) is 74.1 Å². The third kappa shape index (κ3) is 14.0. The second-order valence-electron chi connectivity index (χ2n) is 13.2. The van der Waals surface area contributed by atoms with Crippen molar-refractivity contribution in [3.8, 4) is 46.0 Å². The van der Waals surface area contributed by atoms with Crippen LogP contribution < -0.4 is 18.5 Å². The number of sulfonamides is 1. The van der Waals surface area contributed by atoms with Crippen molar-refractivity contribution in [2.45, 2.75) is 18.6 Å². The highest BCUT2D eigenvalue weighted by Gasteiger charge is 2.35. The van der Waals surface area contributed by atoms with Crippen LogP contribution in [0.4, 0.5) is 10.6 Å². The Kier molecular flexibility index (Phi) is 17.8. The molecular formula is C39H41N11O17S. The lowest BCUT2D eigenvalue weighted by Gasteiger charge is -2.26. The number of hydrogen-bond acceptors (Lipinski definition) is 26. The summed E-state index contributed by atoms with van der Waals surface area (Å²) < 4.78 is 69.2. The van der Waals surface area contributed by atoms with Crippen molar-refractivity contribution in [1.29, 1.82) is 0 Å². The molecule has 68 heavy (non-hydrogen) atoms. The van der Waals surface area contributed by atoms with Crippen LogP contribution in [0, 0.1) is 6.92 Å². The summed E-state index contributed by atoms with van der Waals surface area (Å²) in [6.07, 6.45) is 1.35. The highest BCUT2D eigenvalue weighted by atomic mass is 32.2. The number of pyridine rings is 2. The van der Waals surface area contributed by atoms with Gasteiger partial charge in [-0.15, -0.1) is 5.10 Å². The maximum Gasteiger partial charge on any atom is 0.510 e. The number of para-hydroxylation sites is 2. The Hall–Kier alpha value is -7.58. The van der Waals surface area contributed by atoms with Crippen LogP contribution in [0.1, 0.15) is 21.5 Å². The summed E-state index contributed by atoms with van der Waals surface area (Å²) in [4.78, 5) is 52.7. The maximum atomic E-state index is 14.8. The molecule has 0 unspecified atom stereocenters. The molecule has 6 aromatic rings. The summed E-state index contributed by atoms with van der Waals surface area (Å²) in [6.45, 7) is -1.38. The molecule has 0 aliphatic rings. The van der Waals surface area contributed by atoms with E-state index in [2.05, 4.69) is 50.2 Å². The average molecular weight is 968 g/mol. The Morgan fingerprint density at radius 2 is 1.54 bits per heavy atom. The van der Waals surface area contributed by atoms with Crippen molar-refractivity contribution >= 4 is 28.0 Å². The molecule has 2 aromatic carbocycles. The van der Waals surface area contributed by atoms with E-state index < -0.39 is 75.3 Å². The van der Waals surface area contributed by atoms with Crippen LogP contribution >= 0.6 is 0 Å². The quantitative estimate of drug-likeness (QED) is 0.0238. The number of esters is 1. The Bertz CT molecular complexity index is 2680. The fraction of sp³-hybridized carbons (Fsp3) is 0.256. The lowest BCUT2D eigenvalue weighted by Crippen LogP contribution is -2.36. The second-order valence-corrected chi connectivity index (χ2v) is 15.1. The van der Waals surface area contributed by atoms with E-state index in [0.29, 0.717) is 15.4 Å². The fourth-order valence-electron chi connectivity index (χ4n) is 5.49. The smallest absolute Gasteiger partial charge is 0.493 e. The molecule has 29 heteroatoms. The van der Waals surface area contributed by atoms with Gasteiger partial charge in [-0.25, -0.2) is 38.6 Å². The fourth-order valence-corrected chi connectivity index (χ4v) is 6.68. The van der Waals surface area contributed by atoms with E-state index in [-0.39, 0.29) is 73.0 Å². The van der Waals surface area contributed by atoms with Gasteiger partial charge in [0.2, 0.25) is 5.75 Å². The molecule has 0 saturated heterocycles. The van der Waals surface area contributed by atoms with Gasteiger partial charge in [0.15, 0.2) is 40.7 Å². The molecule has 5 N–H and O–H groups in total. The first kappa shape index (κ1) is 49.8. The SMILES string of the molecule is COc1ccccc1Oc1c(OCCOC(=O)c2ccc(CON(O)O)cc2)nc(-c2ccnc(-c3nnn[nH]3)c2)nc1N(COC(=O)OCCOCCON(O)O)S(=O)(=O)c1ccc(C)cn1. The Morgan fingerprint density at radius 1 is 0.794 bits per heavy atom. The topological polar surface area (TPSA) is 348 Å². The summed E-state index contributed by atoms with van der Waals surface area (Å²) >= 11 is 0. The number of aryl methyl sites for hydroxylation is 1. The summed E-state index contributed by atoms with van der Waals surface area (Å²) in [5.74, 6) is -2.04. The molecule has 0 fully saturated rings. The average Bonchev–Trinajstić information content (AvgIpc) is 3.88. The Balaban J connectivity index is 1.40. The number of nitrogens with one attached hydrogen (secondary N) is 1. The summed E-state index contributed by atoms with van der Waals surface area (Å²) in [5.41, 5.74) is 1.69. The molecule has 360 valence electrons. The first-order valence-electron chi connectivity index (χ1n) is 19.6. The van der Waals surface area contributed by atoms with Gasteiger partial charge in [0, 0.05) is 18.0 Å². The van der Waals surface area contributed by atoms with Crippen LogP contribution in [0.25, 0.3) is 22.9 Å². The van der Waals surface area contributed by atoms with Crippen molar-refractivity contribution < 1.29 is 81.7 Å². The molecule has 0 amide bonds. The number of ether oxygens (including phenoxy) is 7. The van der Waals surface area contributed by atoms with Crippen molar-refractivity contribution in [3.05, 3.63) is 102 Å². The summed E-state index contributed by atoms with van der Waals surface area (Å²) in [5, 5.41) is 47.1. The number of benzene rings is 2. The predicted octanol–water partition coefficient (Wildman–Crippen LogP) is 3.31. The van der Waals surface area contributed by atoms with Crippen LogP contribution in [0.2, 0.25) is 0 Å². The molecule has 0 aliphatic carbocycles. The minimum atomic E-state index is -4.88. The van der Waals surface area contributed by atoms with Crippen molar-refractivity contribution in [1.82, 2.24) is 51.3 Å². The number of rotatable bonds is 25. The molecule has 4 aromatic heterocycles. The standard InChI is InChI=1S/C39H41N11O17S/c1-25-7-12-32(41-22-25)68(57,58)48(24-64-39(52)63-17-15-60-16-20-65-49(53)54)36-33(67-31-6-4-3-5-30(31)59-2)37(43-34(42-36)28-13-14-40-29(21-28)35-44-46-47-45-35)61-18-19-62-38(51)27-10-8-26(9-11-27)23-66-50(55)56/h3-14,21-22,53-56H,15-20,23-24H2,1-2H3,(H,44,45,46,47). The van der Waals surface area contributed by atoms with Gasteiger partial charge >= 0.3 is 12.1 Å². The number of hydrogen-bond donors (Lipinski definition) is 5. The van der Waals surface area contributed by atoms with E-state index in [4.69, 9.17) is 54.0 Å². The minimum absolute atomic E-state index is 0.0228. The first-order chi connectivity index (χ1) is 32.8. The predicted molar refractivity (Wildman–Crippen MR) is 222 cm³/mol. The largest absolute Gasteiger partial charge is 0.510 e. The minimum Gasteiger partial charge on any atom is -0.493 e. The molecule has 4 heterocycles. The van der Waals surface area contributed by atoms with Gasteiger partial charge in [-0.05, 0) is 70.9 Å². The lowest BCUT2D eigenvalue weighted by atomic mass is 10.1. The van der Waals surface area contributed by atoms with E-state index >= 15 is 0 Å². The van der Waals surface area contributed by atoms with Gasteiger partial charge in [-0.1, -0.05) is 30.3 Å². The lowest BCUT2D eigenvalue weighted by molar-refractivity contribution is -0.497. The second kappa shape index (κ2) is 24.3. The van der Waals surface area contributed by atoms with E-state index in [1.807, 2.05) is 0 Å². The van der Waals surface area contributed by atoms with E-state index in [9.17, 15) is 18.0 Å². The third-order valence-electron chi connectivity index (χ3n) is 8.65. The molecule has 0 aliphatic heterocycles. The third-order valence-corrected chi connectivity index (χ3v) is 10.3. The molecule has 0 radical (unpaired) electrons. The highest BCUT2D eigenvalue weighted by Crippen LogP contribution is 2.44. The number of carbonyl (C=O) groups is 2. The molecule has 6 rings (SSSR count).